The van der Waals surface area contributed by atoms with Gasteiger partial charge in [0.25, 0.3) is 0 Å². The molecule has 0 spiro atoms. The third-order valence-corrected chi connectivity index (χ3v) is 3.89. The highest BCUT2D eigenvalue weighted by Crippen LogP contribution is 2.36. The maximum atomic E-state index is 12.1. The lowest BCUT2D eigenvalue weighted by Gasteiger charge is -2.17. The maximum absolute atomic E-state index is 12.1. The smallest absolute Gasteiger partial charge is 0.228 e. The Bertz CT molecular complexity index is 579. The van der Waals surface area contributed by atoms with Gasteiger partial charge in [-0.2, -0.15) is 0 Å². The molecule has 1 amide bonds. The normalized spacial score (nSPS) is 22.3. The number of carbonyl (C=O) groups is 1. The number of halogens is 1. The molecule has 2 atom stereocenters. The van der Waals surface area contributed by atoms with Crippen LogP contribution in [0.5, 0.6) is 0 Å². The van der Waals surface area contributed by atoms with E-state index in [2.05, 4.69) is 17.4 Å². The van der Waals surface area contributed by atoms with Gasteiger partial charge in [-0.1, -0.05) is 54.1 Å². The summed E-state index contributed by atoms with van der Waals surface area (Å²) in [5, 5.41) is 3.65. The van der Waals surface area contributed by atoms with Crippen LogP contribution in [-0.4, -0.2) is 12.5 Å². The first-order valence-corrected chi connectivity index (χ1v) is 6.71. The highest BCUT2D eigenvalue weighted by atomic mass is 35.5. The first-order chi connectivity index (χ1) is 9.25. The fourth-order valence-electron chi connectivity index (χ4n) is 2.69. The number of nitrogens with one attached hydrogen (secondary N) is 1. The van der Waals surface area contributed by atoms with Gasteiger partial charge in [0.1, 0.15) is 0 Å². The number of hydrogen-bond acceptors (Lipinski definition) is 1. The zero-order chi connectivity index (χ0) is 13.2. The Morgan fingerprint density at radius 2 is 1.63 bits per heavy atom. The van der Waals surface area contributed by atoms with Crippen LogP contribution in [0.25, 0.3) is 0 Å². The van der Waals surface area contributed by atoms with Crippen molar-refractivity contribution < 1.29 is 4.79 Å². The Labute approximate surface area is 117 Å². The second-order valence-corrected chi connectivity index (χ2v) is 5.23. The standard InChI is InChI=1S/C16H14ClNO/c17-13-8-6-12(7-9-13)15-14(10-18-16(15)19)11-4-2-1-3-5-11/h1-9,14-15H,10H2,(H,18,19). The molecule has 0 bridgehead atoms. The molecule has 1 N–H and O–H groups in total. The second kappa shape index (κ2) is 5.06. The van der Waals surface area contributed by atoms with E-state index in [0.29, 0.717) is 11.6 Å². The van der Waals surface area contributed by atoms with Crippen LogP contribution in [0.15, 0.2) is 54.6 Å². The molecule has 1 fully saturated rings. The van der Waals surface area contributed by atoms with E-state index in [-0.39, 0.29) is 17.7 Å². The maximum Gasteiger partial charge on any atom is 0.228 e. The van der Waals surface area contributed by atoms with Crippen LogP contribution in [0.1, 0.15) is 23.0 Å². The quantitative estimate of drug-likeness (QED) is 0.892. The monoisotopic (exact) mass is 271 g/mol. The topological polar surface area (TPSA) is 29.1 Å². The van der Waals surface area contributed by atoms with Crippen molar-refractivity contribution in [3.8, 4) is 0 Å². The Morgan fingerprint density at radius 3 is 2.32 bits per heavy atom. The molecule has 1 aliphatic heterocycles. The summed E-state index contributed by atoms with van der Waals surface area (Å²) >= 11 is 5.91. The molecule has 0 saturated carbocycles. The highest BCUT2D eigenvalue weighted by Gasteiger charge is 2.36. The summed E-state index contributed by atoms with van der Waals surface area (Å²) in [6, 6.07) is 17.7. The summed E-state index contributed by atoms with van der Waals surface area (Å²) in [4.78, 5) is 12.1. The summed E-state index contributed by atoms with van der Waals surface area (Å²) in [5.74, 6) is 0.158. The van der Waals surface area contributed by atoms with E-state index in [1.165, 1.54) is 5.56 Å². The van der Waals surface area contributed by atoms with E-state index in [0.717, 1.165) is 5.56 Å². The predicted molar refractivity (Wildman–Crippen MR) is 76.4 cm³/mol. The summed E-state index contributed by atoms with van der Waals surface area (Å²) in [5.41, 5.74) is 2.22. The zero-order valence-corrected chi connectivity index (χ0v) is 11.1. The van der Waals surface area contributed by atoms with Gasteiger partial charge in [-0.05, 0) is 23.3 Å². The van der Waals surface area contributed by atoms with Crippen molar-refractivity contribution in [2.24, 2.45) is 0 Å². The first kappa shape index (κ1) is 12.2. The van der Waals surface area contributed by atoms with Gasteiger partial charge in [0.05, 0.1) is 5.92 Å². The summed E-state index contributed by atoms with van der Waals surface area (Å²) in [6.07, 6.45) is 0. The minimum absolute atomic E-state index is 0.0937. The van der Waals surface area contributed by atoms with Gasteiger partial charge in [-0.25, -0.2) is 0 Å². The fourth-order valence-corrected chi connectivity index (χ4v) is 2.81. The average Bonchev–Trinajstić information content (AvgIpc) is 2.83. The molecule has 0 aliphatic carbocycles. The third kappa shape index (κ3) is 2.36. The molecule has 1 saturated heterocycles. The molecular weight excluding hydrogens is 258 g/mol. The van der Waals surface area contributed by atoms with Gasteiger partial charge in [0.2, 0.25) is 5.91 Å². The van der Waals surface area contributed by atoms with Crippen molar-refractivity contribution in [1.29, 1.82) is 0 Å². The number of benzene rings is 2. The molecule has 3 heteroatoms. The Balaban J connectivity index is 1.97. The minimum Gasteiger partial charge on any atom is -0.355 e. The molecule has 3 rings (SSSR count). The van der Waals surface area contributed by atoms with Crippen LogP contribution < -0.4 is 5.32 Å². The van der Waals surface area contributed by atoms with Gasteiger partial charge >= 0.3 is 0 Å². The zero-order valence-electron chi connectivity index (χ0n) is 10.3. The first-order valence-electron chi connectivity index (χ1n) is 6.34. The molecule has 2 aromatic carbocycles. The Hall–Kier alpha value is -1.80. The summed E-state index contributed by atoms with van der Waals surface area (Å²) in [7, 11) is 0. The van der Waals surface area contributed by atoms with Crippen molar-refractivity contribution in [2.45, 2.75) is 11.8 Å². The lowest BCUT2D eigenvalue weighted by molar-refractivity contribution is -0.120. The number of carbonyl (C=O) groups excluding carboxylic acids is 1. The fraction of sp³-hybridized carbons (Fsp3) is 0.188. The van der Waals surface area contributed by atoms with E-state index in [9.17, 15) is 4.79 Å². The number of rotatable bonds is 2. The Kier molecular flexibility index (Phi) is 3.26. The number of hydrogen-bond donors (Lipinski definition) is 1. The second-order valence-electron chi connectivity index (χ2n) is 4.79. The van der Waals surface area contributed by atoms with E-state index in [1.54, 1.807) is 0 Å². The van der Waals surface area contributed by atoms with Crippen LogP contribution >= 0.6 is 11.6 Å². The van der Waals surface area contributed by atoms with E-state index in [1.807, 2.05) is 42.5 Å². The van der Waals surface area contributed by atoms with Crippen LogP contribution in [0.3, 0.4) is 0 Å². The van der Waals surface area contributed by atoms with E-state index < -0.39 is 0 Å². The minimum atomic E-state index is -0.125. The number of amides is 1. The van der Waals surface area contributed by atoms with E-state index in [4.69, 9.17) is 11.6 Å². The molecule has 0 radical (unpaired) electrons. The summed E-state index contributed by atoms with van der Waals surface area (Å²) in [6.45, 7) is 0.691. The van der Waals surface area contributed by atoms with Crippen molar-refractivity contribution in [3.63, 3.8) is 0 Å². The van der Waals surface area contributed by atoms with Crippen LogP contribution in [-0.2, 0) is 4.79 Å². The average molecular weight is 272 g/mol. The molecule has 1 heterocycles. The molecule has 2 aromatic rings. The Morgan fingerprint density at radius 1 is 0.947 bits per heavy atom. The molecule has 2 nitrogen and oxygen atoms in total. The molecular formula is C16H14ClNO. The van der Waals surface area contributed by atoms with Crippen LogP contribution in [0.2, 0.25) is 5.02 Å². The third-order valence-electron chi connectivity index (χ3n) is 3.64. The van der Waals surface area contributed by atoms with Crippen LogP contribution in [0, 0.1) is 0 Å². The highest BCUT2D eigenvalue weighted by molar-refractivity contribution is 6.30. The van der Waals surface area contributed by atoms with Gasteiger partial charge in [-0.3, -0.25) is 4.79 Å². The molecule has 0 aromatic heterocycles. The van der Waals surface area contributed by atoms with Gasteiger partial charge in [0.15, 0.2) is 0 Å². The van der Waals surface area contributed by atoms with Gasteiger partial charge in [-0.15, -0.1) is 0 Å². The SMILES string of the molecule is O=C1NCC(c2ccccc2)C1c1ccc(Cl)cc1. The van der Waals surface area contributed by atoms with Crippen molar-refractivity contribution >= 4 is 17.5 Å². The largest absolute Gasteiger partial charge is 0.355 e. The summed E-state index contributed by atoms with van der Waals surface area (Å²) < 4.78 is 0. The van der Waals surface area contributed by atoms with Crippen LogP contribution in [0.4, 0.5) is 0 Å². The predicted octanol–water partition coefficient (Wildman–Crippen LogP) is 3.34. The lowest BCUT2D eigenvalue weighted by atomic mass is 9.84. The lowest BCUT2D eigenvalue weighted by Crippen LogP contribution is -2.18. The van der Waals surface area contributed by atoms with Gasteiger partial charge in [0, 0.05) is 17.5 Å². The molecule has 2 unspecified atom stereocenters. The van der Waals surface area contributed by atoms with Crippen molar-refractivity contribution in [3.05, 3.63) is 70.7 Å². The van der Waals surface area contributed by atoms with Crippen molar-refractivity contribution in [2.75, 3.05) is 6.54 Å². The molecule has 96 valence electrons. The van der Waals surface area contributed by atoms with Crippen molar-refractivity contribution in [1.82, 2.24) is 5.32 Å². The molecule has 19 heavy (non-hydrogen) atoms. The van der Waals surface area contributed by atoms with E-state index >= 15 is 0 Å². The molecule has 1 aliphatic rings. The van der Waals surface area contributed by atoms with Gasteiger partial charge < -0.3 is 5.32 Å².